The van der Waals surface area contributed by atoms with Crippen LogP contribution in [-0.4, -0.2) is 12.6 Å². The summed E-state index contributed by atoms with van der Waals surface area (Å²) in [5.41, 5.74) is 1.41. The molecule has 5 saturated carbocycles. The summed E-state index contributed by atoms with van der Waals surface area (Å²) in [6.45, 7) is 3.98. The number of hydrogen-bond donors (Lipinski definition) is 1. The van der Waals surface area contributed by atoms with E-state index >= 15 is 0 Å². The molecule has 9 atom stereocenters. The maximum absolute atomic E-state index is 4.14. The number of piperidine rings is 1. The third-order valence-corrected chi connectivity index (χ3v) is 9.50. The number of hydrogen-bond acceptors (Lipinski definition) is 1. The first kappa shape index (κ1) is 11.5. The average Bonchev–Trinajstić information content (AvgIpc) is 2.87. The van der Waals surface area contributed by atoms with Crippen LogP contribution in [-0.2, 0) is 0 Å². The predicted octanol–water partition coefficient (Wildman–Crippen LogP) is 3.84. The first-order chi connectivity index (χ1) is 9.72. The van der Waals surface area contributed by atoms with Crippen LogP contribution in [0.4, 0.5) is 0 Å². The minimum atomic E-state index is 0.653. The van der Waals surface area contributed by atoms with Gasteiger partial charge < -0.3 is 5.32 Å². The molecule has 1 heterocycles. The fourth-order valence-corrected chi connectivity index (χ4v) is 9.15. The zero-order valence-corrected chi connectivity index (χ0v) is 12.9. The lowest BCUT2D eigenvalue weighted by Gasteiger charge is -2.63. The van der Waals surface area contributed by atoms with Gasteiger partial charge in [-0.05, 0) is 84.9 Å². The van der Waals surface area contributed by atoms with Gasteiger partial charge in [-0.25, -0.2) is 0 Å². The molecule has 6 fully saturated rings. The summed E-state index contributed by atoms with van der Waals surface area (Å²) < 4.78 is 0. The van der Waals surface area contributed by atoms with E-state index in [4.69, 9.17) is 0 Å². The summed E-state index contributed by atoms with van der Waals surface area (Å²) in [5, 5.41) is 4.14. The lowest BCUT2D eigenvalue weighted by atomic mass is 9.46. The van der Waals surface area contributed by atoms with E-state index in [9.17, 15) is 0 Å². The van der Waals surface area contributed by atoms with Crippen molar-refractivity contribution in [2.45, 2.75) is 64.3 Å². The summed E-state index contributed by atoms with van der Waals surface area (Å²) in [6, 6.07) is 0.934. The highest BCUT2D eigenvalue weighted by atomic mass is 15.0. The van der Waals surface area contributed by atoms with Gasteiger partial charge in [-0.1, -0.05) is 19.8 Å². The Kier molecular flexibility index (Phi) is 1.91. The van der Waals surface area contributed by atoms with Crippen LogP contribution in [0.1, 0.15) is 58.3 Å². The molecule has 7 bridgehead atoms. The normalized spacial score (nSPS) is 69.2. The third kappa shape index (κ3) is 1.03. The van der Waals surface area contributed by atoms with Gasteiger partial charge in [0, 0.05) is 12.6 Å². The highest BCUT2D eigenvalue weighted by Gasteiger charge is 2.73. The number of fused-ring (bicyclic) bond motifs is 2. The fourth-order valence-electron chi connectivity index (χ4n) is 9.15. The Morgan fingerprint density at radius 1 is 0.950 bits per heavy atom. The lowest BCUT2D eigenvalue weighted by molar-refractivity contribution is -0.120. The summed E-state index contributed by atoms with van der Waals surface area (Å²) in [4.78, 5) is 0. The standard InChI is InChI=1S/C19H29N/c1-18-5-2-6-19-15-8-11-3-4-12(13(15)7-11)14(9-16(18)19)17(19)20-10-18/h11-17,20H,2-10H2,1H3/t11-,12+,13-,14-,15-,16-,17+,18+,19-/m1/s1. The van der Waals surface area contributed by atoms with Crippen molar-refractivity contribution in [1.29, 1.82) is 0 Å². The molecular weight excluding hydrogens is 242 g/mol. The van der Waals surface area contributed by atoms with E-state index in [0.29, 0.717) is 5.41 Å². The van der Waals surface area contributed by atoms with Gasteiger partial charge in [0.2, 0.25) is 0 Å². The molecule has 1 spiro atoms. The molecule has 0 aromatic heterocycles. The molecule has 1 saturated heterocycles. The molecule has 0 unspecified atom stereocenters. The Balaban J connectivity index is 1.57. The van der Waals surface area contributed by atoms with Gasteiger partial charge in [0.05, 0.1) is 0 Å². The summed E-state index contributed by atoms with van der Waals surface area (Å²) >= 11 is 0. The van der Waals surface area contributed by atoms with Crippen LogP contribution in [0, 0.1) is 46.3 Å². The molecule has 0 aromatic rings. The Labute approximate surface area is 123 Å². The summed E-state index contributed by atoms with van der Waals surface area (Å²) in [7, 11) is 0. The van der Waals surface area contributed by atoms with Crippen LogP contribution in [0.2, 0.25) is 0 Å². The highest BCUT2D eigenvalue weighted by molar-refractivity contribution is 5.24. The molecule has 1 nitrogen and oxygen atoms in total. The van der Waals surface area contributed by atoms with E-state index in [2.05, 4.69) is 12.2 Å². The molecular formula is C19H29N. The maximum atomic E-state index is 4.14. The monoisotopic (exact) mass is 271 g/mol. The van der Waals surface area contributed by atoms with Crippen molar-refractivity contribution in [1.82, 2.24) is 5.32 Å². The molecule has 0 amide bonds. The van der Waals surface area contributed by atoms with Gasteiger partial charge in [0.1, 0.15) is 0 Å². The maximum Gasteiger partial charge on any atom is 0.0160 e. The van der Waals surface area contributed by atoms with E-state index in [1.165, 1.54) is 19.4 Å². The third-order valence-electron chi connectivity index (χ3n) is 9.50. The summed E-state index contributed by atoms with van der Waals surface area (Å²) in [5.74, 6) is 6.69. The van der Waals surface area contributed by atoms with Crippen molar-refractivity contribution in [2.24, 2.45) is 46.3 Å². The molecule has 6 rings (SSSR count). The minimum Gasteiger partial charge on any atom is -0.313 e. The van der Waals surface area contributed by atoms with Crippen LogP contribution in [0.15, 0.2) is 0 Å². The average molecular weight is 271 g/mol. The minimum absolute atomic E-state index is 0.653. The SMILES string of the molecule is C[C@@]12CCC[C@@]34[C@@H]5C[C@@H]6CC[C@@H]([C@H]5C6)[C@@H](C[C@H]13)[C@@H]4NC2. The van der Waals surface area contributed by atoms with Crippen molar-refractivity contribution in [2.75, 3.05) is 6.54 Å². The van der Waals surface area contributed by atoms with Crippen LogP contribution in [0.25, 0.3) is 0 Å². The number of nitrogens with one attached hydrogen (secondary N) is 1. The quantitative estimate of drug-likeness (QED) is 0.706. The molecule has 5 aliphatic carbocycles. The van der Waals surface area contributed by atoms with Gasteiger partial charge in [0.25, 0.3) is 0 Å². The topological polar surface area (TPSA) is 12.0 Å². The van der Waals surface area contributed by atoms with Crippen LogP contribution in [0.5, 0.6) is 0 Å². The first-order valence-electron chi connectivity index (χ1n) is 9.46. The van der Waals surface area contributed by atoms with Crippen LogP contribution < -0.4 is 5.32 Å². The second-order valence-corrected chi connectivity index (χ2v) is 9.78. The Bertz CT molecular complexity index is 472. The smallest absolute Gasteiger partial charge is 0.0160 e. The molecule has 6 aliphatic rings. The zero-order valence-electron chi connectivity index (χ0n) is 12.9. The Morgan fingerprint density at radius 3 is 2.85 bits per heavy atom. The van der Waals surface area contributed by atoms with Gasteiger partial charge in [-0.15, -0.1) is 0 Å². The number of rotatable bonds is 0. The lowest BCUT2D eigenvalue weighted by Crippen LogP contribution is -2.66. The van der Waals surface area contributed by atoms with Gasteiger partial charge in [-0.2, -0.15) is 0 Å². The molecule has 0 aromatic carbocycles. The van der Waals surface area contributed by atoms with E-state index in [1.807, 2.05) is 0 Å². The van der Waals surface area contributed by atoms with Crippen molar-refractivity contribution in [3.63, 3.8) is 0 Å². The summed E-state index contributed by atoms with van der Waals surface area (Å²) in [6.07, 6.45) is 12.7. The molecule has 1 heteroatoms. The Hall–Kier alpha value is -0.0400. The van der Waals surface area contributed by atoms with Crippen molar-refractivity contribution in [3.05, 3.63) is 0 Å². The van der Waals surface area contributed by atoms with Crippen LogP contribution >= 0.6 is 0 Å². The van der Waals surface area contributed by atoms with Gasteiger partial charge >= 0.3 is 0 Å². The van der Waals surface area contributed by atoms with Gasteiger partial charge in [-0.3, -0.25) is 0 Å². The molecule has 1 aliphatic heterocycles. The molecule has 1 N–H and O–H groups in total. The predicted molar refractivity (Wildman–Crippen MR) is 80.2 cm³/mol. The molecule has 110 valence electrons. The second-order valence-electron chi connectivity index (χ2n) is 9.78. The van der Waals surface area contributed by atoms with Gasteiger partial charge in [0.15, 0.2) is 0 Å². The molecule has 20 heavy (non-hydrogen) atoms. The molecule has 0 radical (unpaired) electrons. The van der Waals surface area contributed by atoms with Crippen molar-refractivity contribution >= 4 is 0 Å². The van der Waals surface area contributed by atoms with Crippen molar-refractivity contribution < 1.29 is 0 Å². The van der Waals surface area contributed by atoms with E-state index < -0.39 is 0 Å². The van der Waals surface area contributed by atoms with Crippen LogP contribution in [0.3, 0.4) is 0 Å². The van der Waals surface area contributed by atoms with E-state index in [1.54, 1.807) is 38.5 Å². The fraction of sp³-hybridized carbons (Fsp3) is 1.00. The van der Waals surface area contributed by atoms with E-state index in [0.717, 1.165) is 47.0 Å². The highest BCUT2D eigenvalue weighted by Crippen LogP contribution is 2.76. The zero-order chi connectivity index (χ0) is 13.1. The first-order valence-corrected chi connectivity index (χ1v) is 9.46. The largest absolute Gasteiger partial charge is 0.313 e. The Morgan fingerprint density at radius 2 is 1.90 bits per heavy atom. The second kappa shape index (κ2) is 3.31. The van der Waals surface area contributed by atoms with E-state index in [-0.39, 0.29) is 0 Å². The van der Waals surface area contributed by atoms with Crippen molar-refractivity contribution in [3.8, 4) is 0 Å².